The molecule has 1 amide bonds. The fourth-order valence-electron chi connectivity index (χ4n) is 2.51. The molecule has 7 nitrogen and oxygen atoms in total. The van der Waals surface area contributed by atoms with Gasteiger partial charge >= 0.3 is 5.97 Å². The zero-order valence-corrected chi connectivity index (χ0v) is 13.5. The van der Waals surface area contributed by atoms with Crippen LogP contribution in [0.25, 0.3) is 0 Å². The van der Waals surface area contributed by atoms with E-state index in [-0.39, 0.29) is 23.2 Å². The highest BCUT2D eigenvalue weighted by molar-refractivity contribution is 5.94. The molecule has 0 spiro atoms. The Hall–Kier alpha value is -2.70. The summed E-state index contributed by atoms with van der Waals surface area (Å²) in [6.07, 6.45) is 0.667. The number of hydrogen-bond donors (Lipinski definition) is 2. The molecule has 0 aliphatic carbocycles. The van der Waals surface area contributed by atoms with Gasteiger partial charge in [-0.1, -0.05) is 12.1 Å². The lowest BCUT2D eigenvalue weighted by molar-refractivity contribution is 0.0694. The maximum absolute atomic E-state index is 12.4. The van der Waals surface area contributed by atoms with Crippen LogP contribution in [-0.2, 0) is 0 Å². The van der Waals surface area contributed by atoms with Crippen molar-refractivity contribution >= 4 is 11.9 Å². The van der Waals surface area contributed by atoms with Gasteiger partial charge in [0.1, 0.15) is 11.5 Å². The van der Waals surface area contributed by atoms with Crippen molar-refractivity contribution in [2.24, 2.45) is 0 Å². The molecule has 23 heavy (non-hydrogen) atoms. The van der Waals surface area contributed by atoms with Crippen LogP contribution in [0.4, 0.5) is 0 Å². The number of aryl methyl sites for hydroxylation is 3. The summed E-state index contributed by atoms with van der Waals surface area (Å²) in [6, 6.07) is 2.55. The molecule has 2 heterocycles. The standard InChI is InChI=1S/C16H19N3O4/c1-5-12(14-9(3)19-23-10(14)4)18-15(20)13-7-6-11(16(21)22)8(2)17-13/h6-7,12H,5H2,1-4H3,(H,18,20)(H,21,22). The summed E-state index contributed by atoms with van der Waals surface area (Å²) in [4.78, 5) is 27.5. The minimum absolute atomic E-state index is 0.0827. The van der Waals surface area contributed by atoms with Gasteiger partial charge in [-0.05, 0) is 39.3 Å². The van der Waals surface area contributed by atoms with Crippen molar-refractivity contribution in [1.29, 1.82) is 0 Å². The Balaban J connectivity index is 2.24. The molecule has 122 valence electrons. The van der Waals surface area contributed by atoms with Crippen LogP contribution in [0.15, 0.2) is 16.7 Å². The molecule has 0 saturated carbocycles. The smallest absolute Gasteiger partial charge is 0.337 e. The Morgan fingerprint density at radius 1 is 1.26 bits per heavy atom. The zero-order valence-electron chi connectivity index (χ0n) is 13.5. The molecule has 2 aromatic rings. The van der Waals surface area contributed by atoms with Crippen molar-refractivity contribution in [2.45, 2.75) is 40.2 Å². The maximum atomic E-state index is 12.4. The summed E-state index contributed by atoms with van der Waals surface area (Å²) < 4.78 is 5.14. The molecule has 2 rings (SSSR count). The second-order valence-corrected chi connectivity index (χ2v) is 5.31. The van der Waals surface area contributed by atoms with Crippen molar-refractivity contribution in [3.8, 4) is 0 Å². The van der Waals surface area contributed by atoms with Gasteiger partial charge in [-0.25, -0.2) is 9.78 Å². The van der Waals surface area contributed by atoms with Crippen molar-refractivity contribution in [1.82, 2.24) is 15.5 Å². The second-order valence-electron chi connectivity index (χ2n) is 5.31. The number of nitrogens with zero attached hydrogens (tertiary/aromatic N) is 2. The first-order valence-corrected chi connectivity index (χ1v) is 7.29. The number of carbonyl (C=O) groups excluding carboxylic acids is 1. The normalized spacial score (nSPS) is 12.0. The van der Waals surface area contributed by atoms with Gasteiger partial charge in [0.2, 0.25) is 0 Å². The number of hydrogen-bond acceptors (Lipinski definition) is 5. The number of aromatic carboxylic acids is 1. The summed E-state index contributed by atoms with van der Waals surface area (Å²) in [5, 5.41) is 15.8. The Morgan fingerprint density at radius 2 is 1.96 bits per heavy atom. The number of pyridine rings is 1. The van der Waals surface area contributed by atoms with Gasteiger partial charge in [0, 0.05) is 5.56 Å². The van der Waals surface area contributed by atoms with E-state index in [1.807, 2.05) is 13.8 Å². The molecule has 0 aliphatic rings. The third-order valence-corrected chi connectivity index (χ3v) is 3.70. The van der Waals surface area contributed by atoms with Crippen molar-refractivity contribution < 1.29 is 19.2 Å². The fourth-order valence-corrected chi connectivity index (χ4v) is 2.51. The number of rotatable bonds is 5. The van der Waals surface area contributed by atoms with Gasteiger partial charge in [0.25, 0.3) is 5.91 Å². The van der Waals surface area contributed by atoms with Crippen LogP contribution in [-0.4, -0.2) is 27.1 Å². The molecule has 0 aromatic carbocycles. The van der Waals surface area contributed by atoms with Gasteiger partial charge in [-0.3, -0.25) is 4.79 Å². The van der Waals surface area contributed by atoms with E-state index in [0.717, 1.165) is 11.3 Å². The first-order valence-electron chi connectivity index (χ1n) is 7.29. The highest BCUT2D eigenvalue weighted by Crippen LogP contribution is 2.24. The monoisotopic (exact) mass is 317 g/mol. The summed E-state index contributed by atoms with van der Waals surface area (Å²) in [5.41, 5.74) is 2.16. The summed E-state index contributed by atoms with van der Waals surface area (Å²) in [6.45, 7) is 7.13. The Kier molecular flexibility index (Phi) is 4.78. The zero-order chi connectivity index (χ0) is 17.1. The van der Waals surface area contributed by atoms with E-state index in [4.69, 9.17) is 9.63 Å². The lowest BCUT2D eigenvalue weighted by atomic mass is 10.0. The Morgan fingerprint density at radius 3 is 2.43 bits per heavy atom. The van der Waals surface area contributed by atoms with Crippen molar-refractivity contribution in [3.05, 3.63) is 46.1 Å². The quantitative estimate of drug-likeness (QED) is 0.878. The lowest BCUT2D eigenvalue weighted by Gasteiger charge is -2.17. The van der Waals surface area contributed by atoms with Crippen LogP contribution in [0.3, 0.4) is 0 Å². The predicted molar refractivity (Wildman–Crippen MR) is 82.4 cm³/mol. The van der Waals surface area contributed by atoms with Crippen LogP contribution in [0.1, 0.15) is 62.9 Å². The van der Waals surface area contributed by atoms with Gasteiger partial charge in [-0.2, -0.15) is 0 Å². The van der Waals surface area contributed by atoms with E-state index in [1.54, 1.807) is 13.8 Å². The average Bonchev–Trinajstić information content (AvgIpc) is 2.83. The highest BCUT2D eigenvalue weighted by Gasteiger charge is 2.22. The number of carboxylic acids is 1. The first-order chi connectivity index (χ1) is 10.8. The fraction of sp³-hybridized carbons (Fsp3) is 0.375. The number of carboxylic acid groups (broad SMARTS) is 1. The molecule has 1 unspecified atom stereocenters. The van der Waals surface area contributed by atoms with Gasteiger partial charge in [0.15, 0.2) is 0 Å². The van der Waals surface area contributed by atoms with Gasteiger partial charge in [0.05, 0.1) is 23.0 Å². The molecule has 0 fully saturated rings. The van der Waals surface area contributed by atoms with E-state index in [9.17, 15) is 9.59 Å². The molecule has 0 bridgehead atoms. The molecule has 0 aliphatic heterocycles. The van der Waals surface area contributed by atoms with Crippen LogP contribution >= 0.6 is 0 Å². The number of amides is 1. The van der Waals surface area contributed by atoms with E-state index in [0.29, 0.717) is 17.9 Å². The van der Waals surface area contributed by atoms with Crippen LogP contribution in [0.2, 0.25) is 0 Å². The van der Waals surface area contributed by atoms with Crippen LogP contribution in [0.5, 0.6) is 0 Å². The number of nitrogens with one attached hydrogen (secondary N) is 1. The average molecular weight is 317 g/mol. The summed E-state index contributed by atoms with van der Waals surface area (Å²) in [5.74, 6) is -0.763. The van der Waals surface area contributed by atoms with E-state index < -0.39 is 5.97 Å². The topological polar surface area (TPSA) is 105 Å². The largest absolute Gasteiger partial charge is 0.478 e. The molecular formula is C16H19N3O4. The lowest BCUT2D eigenvalue weighted by Crippen LogP contribution is -2.29. The van der Waals surface area contributed by atoms with Crippen molar-refractivity contribution in [3.63, 3.8) is 0 Å². The highest BCUT2D eigenvalue weighted by atomic mass is 16.5. The minimum Gasteiger partial charge on any atom is -0.478 e. The van der Waals surface area contributed by atoms with E-state index >= 15 is 0 Å². The third kappa shape index (κ3) is 3.39. The van der Waals surface area contributed by atoms with E-state index in [1.165, 1.54) is 12.1 Å². The Labute approximate surface area is 133 Å². The van der Waals surface area contributed by atoms with Crippen LogP contribution < -0.4 is 5.32 Å². The van der Waals surface area contributed by atoms with Crippen LogP contribution in [0, 0.1) is 20.8 Å². The van der Waals surface area contributed by atoms with Crippen molar-refractivity contribution in [2.75, 3.05) is 0 Å². The summed E-state index contributed by atoms with van der Waals surface area (Å²) in [7, 11) is 0. The molecule has 0 saturated heterocycles. The predicted octanol–water partition coefficient (Wildman–Crippen LogP) is 2.57. The number of aromatic nitrogens is 2. The second kappa shape index (κ2) is 6.60. The molecule has 2 N–H and O–H groups in total. The molecule has 2 aromatic heterocycles. The van der Waals surface area contributed by atoms with Gasteiger partial charge < -0.3 is 14.9 Å². The maximum Gasteiger partial charge on any atom is 0.337 e. The first kappa shape index (κ1) is 16.7. The molecule has 0 radical (unpaired) electrons. The summed E-state index contributed by atoms with van der Waals surface area (Å²) >= 11 is 0. The molecular weight excluding hydrogens is 298 g/mol. The minimum atomic E-state index is -1.07. The molecule has 1 atom stereocenters. The number of carbonyl (C=O) groups is 2. The van der Waals surface area contributed by atoms with Gasteiger partial charge in [-0.15, -0.1) is 0 Å². The third-order valence-electron chi connectivity index (χ3n) is 3.70. The Bertz CT molecular complexity index is 732. The SMILES string of the molecule is CCC(NC(=O)c1ccc(C(=O)O)c(C)n1)c1c(C)noc1C. The van der Waals surface area contributed by atoms with E-state index in [2.05, 4.69) is 15.5 Å². The molecule has 7 heteroatoms.